The van der Waals surface area contributed by atoms with Crippen molar-refractivity contribution in [1.29, 1.82) is 0 Å². The number of amides is 2. The highest BCUT2D eigenvalue weighted by Gasteiger charge is 2.27. The summed E-state index contributed by atoms with van der Waals surface area (Å²) in [6.45, 7) is 4.41. The summed E-state index contributed by atoms with van der Waals surface area (Å²) in [5, 5.41) is 3.69. The van der Waals surface area contributed by atoms with E-state index in [0.29, 0.717) is 28.6 Å². The summed E-state index contributed by atoms with van der Waals surface area (Å²) in [4.78, 5) is 27.4. The van der Waals surface area contributed by atoms with E-state index in [9.17, 15) is 18.0 Å². The van der Waals surface area contributed by atoms with Crippen molar-refractivity contribution in [1.82, 2.24) is 14.5 Å². The summed E-state index contributed by atoms with van der Waals surface area (Å²) >= 11 is 12.3. The van der Waals surface area contributed by atoms with Crippen molar-refractivity contribution in [3.63, 3.8) is 0 Å². The molecule has 1 N–H and O–H groups in total. The van der Waals surface area contributed by atoms with Crippen LogP contribution in [0.25, 0.3) is 0 Å². The van der Waals surface area contributed by atoms with E-state index in [1.807, 2.05) is 6.92 Å². The number of rotatable bonds is 12. The Hall–Kier alpha value is -2.13. The highest BCUT2D eigenvalue weighted by molar-refractivity contribution is 7.89. The van der Waals surface area contributed by atoms with E-state index in [1.54, 1.807) is 43.3 Å². The fourth-order valence-electron chi connectivity index (χ4n) is 3.30. The summed E-state index contributed by atoms with van der Waals surface area (Å²) < 4.78 is 26.6. The molecule has 7 nitrogen and oxygen atoms in total. The average molecular weight is 529 g/mol. The molecule has 0 aliphatic rings. The first-order valence-corrected chi connectivity index (χ1v) is 13.3. The lowest BCUT2D eigenvalue weighted by Crippen LogP contribution is -2.47. The van der Waals surface area contributed by atoms with Crippen LogP contribution < -0.4 is 5.32 Å². The second-order valence-electron chi connectivity index (χ2n) is 7.97. The van der Waals surface area contributed by atoms with Crippen LogP contribution in [0.3, 0.4) is 0 Å². The van der Waals surface area contributed by atoms with Gasteiger partial charge in [0.15, 0.2) is 0 Å². The van der Waals surface area contributed by atoms with Crippen molar-refractivity contribution < 1.29 is 18.0 Å². The molecular weight excluding hydrogens is 497 g/mol. The summed E-state index contributed by atoms with van der Waals surface area (Å²) in [5.41, 5.74) is 0.665. The molecule has 0 saturated heterocycles. The number of nitrogens with one attached hydrogen (secondary N) is 1. The van der Waals surface area contributed by atoms with Gasteiger partial charge >= 0.3 is 0 Å². The van der Waals surface area contributed by atoms with E-state index in [1.165, 1.54) is 28.4 Å². The number of halogens is 2. The van der Waals surface area contributed by atoms with Crippen LogP contribution >= 0.6 is 23.2 Å². The first kappa shape index (κ1) is 28.1. The van der Waals surface area contributed by atoms with Gasteiger partial charge in [0, 0.05) is 43.1 Å². The van der Waals surface area contributed by atoms with Gasteiger partial charge in [-0.05, 0) is 49.6 Å². The zero-order valence-corrected chi connectivity index (χ0v) is 22.0. The van der Waals surface area contributed by atoms with Crippen molar-refractivity contribution >= 4 is 45.0 Å². The molecule has 0 radical (unpaired) electrons. The fourth-order valence-corrected chi connectivity index (χ4v) is 5.00. The molecule has 0 saturated carbocycles. The van der Waals surface area contributed by atoms with Crippen LogP contribution in [0.5, 0.6) is 0 Å². The minimum atomic E-state index is -3.64. The third-order valence-corrected chi connectivity index (χ3v) is 7.85. The third-order valence-electron chi connectivity index (χ3n) is 5.39. The summed E-state index contributed by atoms with van der Waals surface area (Å²) in [6, 6.07) is 12.4. The van der Waals surface area contributed by atoms with Crippen LogP contribution in [0, 0.1) is 0 Å². The van der Waals surface area contributed by atoms with Crippen molar-refractivity contribution in [2.24, 2.45) is 0 Å². The Balaban J connectivity index is 2.10. The Bertz CT molecular complexity index is 1080. The first-order chi connectivity index (χ1) is 16.1. The largest absolute Gasteiger partial charge is 0.354 e. The molecule has 0 spiro atoms. The summed E-state index contributed by atoms with van der Waals surface area (Å²) in [7, 11) is -2.16. The minimum Gasteiger partial charge on any atom is -0.354 e. The van der Waals surface area contributed by atoms with E-state index < -0.39 is 16.1 Å². The second kappa shape index (κ2) is 13.1. The quantitative estimate of drug-likeness (QED) is 0.444. The molecule has 10 heteroatoms. The predicted octanol–water partition coefficient (Wildman–Crippen LogP) is 4.34. The van der Waals surface area contributed by atoms with Crippen LogP contribution in [-0.4, -0.2) is 55.6 Å². The topological polar surface area (TPSA) is 86.8 Å². The Morgan fingerprint density at radius 1 is 1.09 bits per heavy atom. The number of nitrogens with zero attached hydrogens (tertiary/aromatic N) is 2. The third kappa shape index (κ3) is 7.70. The van der Waals surface area contributed by atoms with Gasteiger partial charge in [-0.3, -0.25) is 9.59 Å². The number of hydrogen-bond acceptors (Lipinski definition) is 4. The van der Waals surface area contributed by atoms with Gasteiger partial charge in [0.1, 0.15) is 6.04 Å². The lowest BCUT2D eigenvalue weighted by molar-refractivity contribution is -0.140. The fraction of sp³-hybridized carbons (Fsp3) is 0.417. The van der Waals surface area contributed by atoms with E-state index in [-0.39, 0.29) is 36.2 Å². The maximum absolute atomic E-state index is 13.2. The molecule has 2 aromatic carbocycles. The Kier molecular flexibility index (Phi) is 10.8. The Morgan fingerprint density at radius 3 is 2.38 bits per heavy atom. The SMILES string of the molecule is CCCNC(=O)[C@H](C)N(Cc1ccc(Cl)cc1Cl)C(=O)CCCN(C)S(=O)(=O)c1ccccc1. The summed E-state index contributed by atoms with van der Waals surface area (Å²) in [5.74, 6) is -0.528. The first-order valence-electron chi connectivity index (χ1n) is 11.1. The van der Waals surface area contributed by atoms with Gasteiger partial charge in [0.05, 0.1) is 4.90 Å². The van der Waals surface area contributed by atoms with E-state index in [0.717, 1.165) is 6.42 Å². The molecule has 186 valence electrons. The van der Waals surface area contributed by atoms with E-state index in [4.69, 9.17) is 23.2 Å². The summed E-state index contributed by atoms with van der Waals surface area (Å²) in [6.07, 6.45) is 1.15. The monoisotopic (exact) mass is 527 g/mol. The van der Waals surface area contributed by atoms with Gasteiger partial charge in [0.25, 0.3) is 0 Å². The van der Waals surface area contributed by atoms with Gasteiger partial charge in [-0.25, -0.2) is 12.7 Å². The van der Waals surface area contributed by atoms with Crippen LogP contribution in [0.15, 0.2) is 53.4 Å². The molecule has 2 aromatic rings. The van der Waals surface area contributed by atoms with E-state index in [2.05, 4.69) is 5.32 Å². The van der Waals surface area contributed by atoms with Crippen molar-refractivity contribution in [3.05, 3.63) is 64.1 Å². The maximum Gasteiger partial charge on any atom is 0.242 e. The predicted molar refractivity (Wildman–Crippen MR) is 135 cm³/mol. The van der Waals surface area contributed by atoms with Crippen LogP contribution in [0.4, 0.5) is 0 Å². The lowest BCUT2D eigenvalue weighted by Gasteiger charge is -2.29. The second-order valence-corrected chi connectivity index (χ2v) is 10.9. The number of carbonyl (C=O) groups excluding carboxylic acids is 2. The molecule has 0 unspecified atom stereocenters. The van der Waals surface area contributed by atoms with Gasteiger partial charge in [-0.2, -0.15) is 0 Å². The van der Waals surface area contributed by atoms with Crippen molar-refractivity contribution in [2.45, 2.75) is 50.6 Å². The molecule has 1 atom stereocenters. The molecule has 34 heavy (non-hydrogen) atoms. The maximum atomic E-state index is 13.2. The number of hydrogen-bond donors (Lipinski definition) is 1. The number of sulfonamides is 1. The van der Waals surface area contributed by atoms with E-state index >= 15 is 0 Å². The average Bonchev–Trinajstić information content (AvgIpc) is 2.81. The van der Waals surface area contributed by atoms with Crippen LogP contribution in [-0.2, 0) is 26.2 Å². The molecule has 0 aromatic heterocycles. The van der Waals surface area contributed by atoms with Crippen LogP contribution in [0.2, 0.25) is 10.0 Å². The number of carbonyl (C=O) groups is 2. The molecule has 0 bridgehead atoms. The van der Waals surface area contributed by atoms with Crippen molar-refractivity contribution in [3.8, 4) is 0 Å². The van der Waals surface area contributed by atoms with Crippen LogP contribution in [0.1, 0.15) is 38.7 Å². The number of benzene rings is 2. The highest BCUT2D eigenvalue weighted by Crippen LogP contribution is 2.24. The molecule has 0 heterocycles. The van der Waals surface area contributed by atoms with Gasteiger partial charge in [-0.15, -0.1) is 0 Å². The molecular formula is C24H31Cl2N3O4S. The molecule has 2 amide bonds. The Labute approximate surface area is 212 Å². The normalized spacial score (nSPS) is 12.4. The lowest BCUT2D eigenvalue weighted by atomic mass is 10.1. The zero-order chi connectivity index (χ0) is 25.3. The standard InChI is InChI=1S/C24H31Cl2N3O4S/c1-4-14-27-24(31)18(2)29(17-19-12-13-20(25)16-22(19)26)23(30)11-8-15-28(3)34(32,33)21-9-6-5-7-10-21/h5-7,9-10,12-13,16,18H,4,8,11,14-15,17H2,1-3H3,(H,27,31)/t18-/m0/s1. The van der Waals surface area contributed by atoms with Gasteiger partial charge in [-0.1, -0.05) is 54.4 Å². The Morgan fingerprint density at radius 2 is 1.76 bits per heavy atom. The molecule has 2 rings (SSSR count). The van der Waals surface area contributed by atoms with Gasteiger partial charge < -0.3 is 10.2 Å². The highest BCUT2D eigenvalue weighted by atomic mass is 35.5. The molecule has 0 fully saturated rings. The molecule has 0 aliphatic heterocycles. The van der Waals surface area contributed by atoms with Crippen molar-refractivity contribution in [2.75, 3.05) is 20.1 Å². The molecule has 0 aliphatic carbocycles. The zero-order valence-electron chi connectivity index (χ0n) is 19.6. The van der Waals surface area contributed by atoms with Gasteiger partial charge in [0.2, 0.25) is 21.8 Å². The minimum absolute atomic E-state index is 0.0747. The smallest absolute Gasteiger partial charge is 0.242 e.